The number of anilines is 1. The maximum Gasteiger partial charge on any atom is 0.264 e. The lowest BCUT2D eigenvalue weighted by Crippen LogP contribution is -2.38. The van der Waals surface area contributed by atoms with Crippen molar-refractivity contribution in [1.29, 1.82) is 0 Å². The van der Waals surface area contributed by atoms with Crippen molar-refractivity contribution < 1.29 is 22.8 Å². The summed E-state index contributed by atoms with van der Waals surface area (Å²) in [6.07, 6.45) is 2.26. The molecule has 0 fully saturated rings. The van der Waals surface area contributed by atoms with Gasteiger partial charge in [-0.05, 0) is 41.1 Å². The topological polar surface area (TPSA) is 142 Å². The van der Waals surface area contributed by atoms with Crippen LogP contribution in [0.3, 0.4) is 0 Å². The van der Waals surface area contributed by atoms with Crippen LogP contribution >= 0.6 is 11.6 Å². The van der Waals surface area contributed by atoms with Gasteiger partial charge in [0.15, 0.2) is 0 Å². The van der Waals surface area contributed by atoms with Crippen LogP contribution < -0.4 is 10.0 Å². The second-order valence-electron chi connectivity index (χ2n) is 6.63. The molecule has 10 nitrogen and oxygen atoms in total. The van der Waals surface area contributed by atoms with Gasteiger partial charge in [-0.3, -0.25) is 24.0 Å². The average molecular weight is 477 g/mol. The van der Waals surface area contributed by atoms with Gasteiger partial charge >= 0.3 is 0 Å². The molecule has 0 aromatic heterocycles. The second kappa shape index (κ2) is 9.71. The summed E-state index contributed by atoms with van der Waals surface area (Å²) >= 11 is 5.71. The van der Waals surface area contributed by atoms with E-state index in [4.69, 9.17) is 11.6 Å². The zero-order valence-corrected chi connectivity index (χ0v) is 18.0. The quantitative estimate of drug-likeness (QED) is 0.323. The van der Waals surface area contributed by atoms with Crippen LogP contribution in [0.2, 0.25) is 0 Å². The van der Waals surface area contributed by atoms with Crippen molar-refractivity contribution in [3.63, 3.8) is 0 Å². The van der Waals surface area contributed by atoms with E-state index in [9.17, 15) is 27.7 Å². The first kappa shape index (κ1) is 23.1. The van der Waals surface area contributed by atoms with Crippen molar-refractivity contribution in [3.8, 4) is 0 Å². The summed E-state index contributed by atoms with van der Waals surface area (Å²) in [5.74, 6) is -1.31. The molecule has 0 spiro atoms. The minimum absolute atomic E-state index is 0.0118. The minimum atomic E-state index is -4.16. The van der Waals surface area contributed by atoms with Crippen LogP contribution in [0.5, 0.6) is 0 Å². The Bertz CT molecular complexity index is 1190. The highest BCUT2D eigenvalue weighted by Gasteiger charge is 2.24. The van der Waals surface area contributed by atoms with Gasteiger partial charge in [0.2, 0.25) is 0 Å². The van der Waals surface area contributed by atoms with Crippen LogP contribution in [-0.4, -0.2) is 44.1 Å². The van der Waals surface area contributed by atoms with Gasteiger partial charge in [-0.1, -0.05) is 12.1 Å². The number of carbonyl (C=O) groups is 3. The Morgan fingerprint density at radius 3 is 2.28 bits per heavy atom. The molecular formula is C20H17ClN4O6S. The van der Waals surface area contributed by atoms with Gasteiger partial charge in [0.1, 0.15) is 10.6 Å². The van der Waals surface area contributed by atoms with Crippen LogP contribution in [-0.2, 0) is 25.5 Å². The van der Waals surface area contributed by atoms with Crippen LogP contribution in [0, 0.1) is 4.91 Å². The fraction of sp³-hybridized carbons (Fsp3) is 0.150. The summed E-state index contributed by atoms with van der Waals surface area (Å²) < 4.78 is 27.7. The number of hydrogen-bond donors (Lipinski definition) is 2. The zero-order chi connectivity index (χ0) is 23.3. The summed E-state index contributed by atoms with van der Waals surface area (Å²) in [4.78, 5) is 47.2. The Kier molecular flexibility index (Phi) is 7.01. The van der Waals surface area contributed by atoms with E-state index in [1.54, 1.807) is 12.1 Å². The first-order chi connectivity index (χ1) is 15.2. The summed E-state index contributed by atoms with van der Waals surface area (Å²) in [6.45, 7) is -0.0597. The Labute approximate surface area is 188 Å². The highest BCUT2D eigenvalue weighted by atomic mass is 35.5. The highest BCUT2D eigenvalue weighted by molar-refractivity contribution is 7.92. The van der Waals surface area contributed by atoms with Gasteiger partial charge in [-0.25, -0.2) is 8.42 Å². The zero-order valence-electron chi connectivity index (χ0n) is 16.4. The van der Waals surface area contributed by atoms with Gasteiger partial charge in [-0.2, -0.15) is 0 Å². The fourth-order valence-electron chi connectivity index (χ4n) is 2.86. The molecule has 0 unspecified atom stereocenters. The lowest BCUT2D eigenvalue weighted by molar-refractivity contribution is -0.136. The molecule has 1 heterocycles. The first-order valence-electron chi connectivity index (χ1n) is 9.22. The summed E-state index contributed by atoms with van der Waals surface area (Å²) in [7, 11) is -4.16. The number of sulfonamides is 1. The first-order valence-corrected chi connectivity index (χ1v) is 11.2. The number of nitrogens with zero attached hydrogens (tertiary/aromatic N) is 2. The molecule has 2 aromatic rings. The van der Waals surface area contributed by atoms with Gasteiger partial charge < -0.3 is 5.32 Å². The number of halogens is 1. The van der Waals surface area contributed by atoms with Crippen molar-refractivity contribution in [2.24, 2.45) is 5.18 Å². The Balaban J connectivity index is 1.70. The Morgan fingerprint density at radius 1 is 1.03 bits per heavy atom. The van der Waals surface area contributed by atoms with E-state index in [0.717, 1.165) is 34.7 Å². The molecule has 0 radical (unpaired) electrons. The molecule has 12 heteroatoms. The number of nitroso groups, excluding NO2 is 1. The van der Waals surface area contributed by atoms with Crippen LogP contribution in [0.15, 0.2) is 64.7 Å². The van der Waals surface area contributed by atoms with E-state index in [-0.39, 0.29) is 30.2 Å². The van der Waals surface area contributed by atoms with E-state index in [2.05, 4.69) is 15.2 Å². The van der Waals surface area contributed by atoms with Crippen molar-refractivity contribution in [2.45, 2.75) is 10.8 Å². The van der Waals surface area contributed by atoms with E-state index >= 15 is 0 Å². The minimum Gasteiger partial charge on any atom is -0.350 e. The van der Waals surface area contributed by atoms with Gasteiger partial charge in [0.05, 0.1) is 0 Å². The summed E-state index contributed by atoms with van der Waals surface area (Å²) in [5.41, 5.74) is 0.604. The monoisotopic (exact) mass is 476 g/mol. The molecule has 1 aliphatic rings. The maximum absolute atomic E-state index is 12.7. The SMILES string of the molecule is O=Nc1cc(C(=O)NCCN2C(=O)C=CC2=O)ccc1S(=O)(=O)Nc1ccc(CCl)cc1. The number of alkyl halides is 1. The van der Waals surface area contributed by atoms with E-state index in [1.165, 1.54) is 18.2 Å². The number of hydrogen-bond acceptors (Lipinski definition) is 7. The highest BCUT2D eigenvalue weighted by Crippen LogP contribution is 2.27. The average Bonchev–Trinajstić information content (AvgIpc) is 3.11. The molecule has 3 rings (SSSR count). The maximum atomic E-state index is 12.7. The molecule has 1 aliphatic heterocycles. The molecular weight excluding hydrogens is 460 g/mol. The molecule has 0 bridgehead atoms. The standard InChI is InChI=1S/C20H17ClN4O6S/c21-12-13-1-4-15(5-2-13)24-32(30,31)17-6-3-14(11-16(17)23-29)20(28)22-9-10-25-18(26)7-8-19(25)27/h1-8,11,24H,9-10,12H2,(H,22,28). The van der Waals surface area contributed by atoms with E-state index in [1.807, 2.05) is 0 Å². The largest absolute Gasteiger partial charge is 0.350 e. The van der Waals surface area contributed by atoms with E-state index in [0.29, 0.717) is 0 Å². The lowest BCUT2D eigenvalue weighted by atomic mass is 10.2. The van der Waals surface area contributed by atoms with Crippen molar-refractivity contribution in [2.75, 3.05) is 17.8 Å². The van der Waals surface area contributed by atoms with Crippen molar-refractivity contribution in [1.82, 2.24) is 10.2 Å². The Morgan fingerprint density at radius 2 is 1.69 bits per heavy atom. The van der Waals surface area contributed by atoms with Crippen molar-refractivity contribution >= 4 is 50.7 Å². The second-order valence-corrected chi connectivity index (χ2v) is 8.55. The Hall–Kier alpha value is -3.57. The molecule has 3 amide bonds. The predicted molar refractivity (Wildman–Crippen MR) is 117 cm³/mol. The summed E-state index contributed by atoms with van der Waals surface area (Å²) in [5, 5.41) is 5.23. The number of rotatable bonds is 9. The molecule has 2 N–H and O–H groups in total. The lowest BCUT2D eigenvalue weighted by Gasteiger charge is -2.14. The molecule has 0 saturated heterocycles. The number of amides is 3. The van der Waals surface area contributed by atoms with Crippen LogP contribution in [0.1, 0.15) is 15.9 Å². The third-order valence-corrected chi connectivity index (χ3v) is 6.23. The van der Waals surface area contributed by atoms with Crippen LogP contribution in [0.25, 0.3) is 0 Å². The predicted octanol–water partition coefficient (Wildman–Crippen LogP) is 2.28. The number of nitrogens with one attached hydrogen (secondary N) is 2. The molecule has 32 heavy (non-hydrogen) atoms. The number of benzene rings is 2. The third-order valence-electron chi connectivity index (χ3n) is 4.49. The van der Waals surface area contributed by atoms with Crippen LogP contribution in [0.4, 0.5) is 11.4 Å². The molecule has 0 atom stereocenters. The third kappa shape index (κ3) is 5.18. The van der Waals surface area contributed by atoms with Gasteiger partial charge in [0, 0.05) is 42.4 Å². The molecule has 2 aromatic carbocycles. The number of carbonyl (C=O) groups excluding carboxylic acids is 3. The summed E-state index contributed by atoms with van der Waals surface area (Å²) in [6, 6.07) is 9.71. The van der Waals surface area contributed by atoms with Gasteiger partial charge in [0.25, 0.3) is 27.7 Å². The van der Waals surface area contributed by atoms with E-state index < -0.39 is 38.3 Å². The normalized spacial score (nSPS) is 13.3. The van der Waals surface area contributed by atoms with Gasteiger partial charge in [-0.15, -0.1) is 16.5 Å². The fourth-order valence-corrected chi connectivity index (χ4v) is 4.22. The number of imide groups is 1. The van der Waals surface area contributed by atoms with Crippen molar-refractivity contribution in [3.05, 3.63) is 70.7 Å². The molecule has 166 valence electrons. The molecule has 0 aliphatic carbocycles. The smallest absolute Gasteiger partial charge is 0.264 e. The molecule has 0 saturated carbocycles.